The third-order valence-electron chi connectivity index (χ3n) is 1.29. The number of pyridine rings is 1. The van der Waals surface area contributed by atoms with Crippen LogP contribution in [0.15, 0.2) is 18.3 Å². The lowest BCUT2D eigenvalue weighted by Gasteiger charge is -2.05. The molecule has 0 radical (unpaired) electrons. The molecule has 1 unspecified atom stereocenters. The molecule has 11 heavy (non-hydrogen) atoms. The quantitative estimate of drug-likeness (QED) is 0.546. The molecule has 0 saturated carbocycles. The standard InChI is InChI=1S/C7H7ClFNO/c8-4-6(11)5-2-1-3-10-7(5)9/h1-3,6,11H,4H2. The van der Waals surface area contributed by atoms with Gasteiger partial charge < -0.3 is 5.11 Å². The maximum Gasteiger partial charge on any atom is 0.218 e. The number of rotatable bonds is 2. The van der Waals surface area contributed by atoms with Crippen molar-refractivity contribution in [2.75, 3.05) is 5.88 Å². The first-order valence-electron chi connectivity index (χ1n) is 3.10. The molecule has 0 aromatic carbocycles. The van der Waals surface area contributed by atoms with E-state index in [0.29, 0.717) is 0 Å². The lowest BCUT2D eigenvalue weighted by molar-refractivity contribution is 0.196. The van der Waals surface area contributed by atoms with Crippen LogP contribution in [0.2, 0.25) is 0 Å². The van der Waals surface area contributed by atoms with Crippen LogP contribution >= 0.6 is 11.6 Å². The number of alkyl halides is 1. The van der Waals surface area contributed by atoms with Gasteiger partial charge >= 0.3 is 0 Å². The molecule has 0 saturated heterocycles. The smallest absolute Gasteiger partial charge is 0.218 e. The molecular weight excluding hydrogens is 169 g/mol. The van der Waals surface area contributed by atoms with Crippen LogP contribution < -0.4 is 0 Å². The lowest BCUT2D eigenvalue weighted by Crippen LogP contribution is -2.02. The SMILES string of the molecule is OC(CCl)c1cccnc1F. The summed E-state index contributed by atoms with van der Waals surface area (Å²) in [5.41, 5.74) is 0.141. The molecule has 0 fully saturated rings. The Bertz CT molecular complexity index is 244. The van der Waals surface area contributed by atoms with Gasteiger partial charge in [-0.2, -0.15) is 4.39 Å². The summed E-state index contributed by atoms with van der Waals surface area (Å²) in [5, 5.41) is 9.10. The normalized spacial score (nSPS) is 13.0. The van der Waals surface area contributed by atoms with Crippen molar-refractivity contribution in [2.24, 2.45) is 0 Å². The van der Waals surface area contributed by atoms with E-state index in [2.05, 4.69) is 4.98 Å². The third-order valence-corrected chi connectivity index (χ3v) is 1.59. The number of nitrogens with zero attached hydrogens (tertiary/aromatic N) is 1. The van der Waals surface area contributed by atoms with Gasteiger partial charge in [0.05, 0.1) is 12.0 Å². The molecular formula is C7H7ClFNO. The zero-order chi connectivity index (χ0) is 8.27. The molecule has 0 aliphatic rings. The van der Waals surface area contributed by atoms with Gasteiger partial charge in [-0.25, -0.2) is 4.98 Å². The maximum atomic E-state index is 12.7. The minimum Gasteiger partial charge on any atom is -0.387 e. The molecule has 0 aliphatic heterocycles. The van der Waals surface area contributed by atoms with Crippen molar-refractivity contribution in [1.82, 2.24) is 4.98 Å². The molecule has 0 bridgehead atoms. The number of hydrogen-bond acceptors (Lipinski definition) is 2. The van der Waals surface area contributed by atoms with Gasteiger partial charge in [-0.1, -0.05) is 6.07 Å². The van der Waals surface area contributed by atoms with E-state index < -0.39 is 12.1 Å². The Morgan fingerprint density at radius 2 is 2.45 bits per heavy atom. The minimum atomic E-state index is -0.967. The van der Waals surface area contributed by atoms with E-state index >= 15 is 0 Å². The average molecular weight is 176 g/mol. The number of halogens is 2. The molecule has 4 heteroatoms. The maximum absolute atomic E-state index is 12.7. The molecule has 60 valence electrons. The minimum absolute atomic E-state index is 0.0252. The topological polar surface area (TPSA) is 33.1 Å². The fraction of sp³-hybridized carbons (Fsp3) is 0.286. The molecule has 0 amide bonds. The fourth-order valence-corrected chi connectivity index (χ4v) is 0.896. The van der Waals surface area contributed by atoms with Gasteiger partial charge in [-0.05, 0) is 6.07 Å². The van der Waals surface area contributed by atoms with Crippen LogP contribution in [0, 0.1) is 5.95 Å². The summed E-state index contributed by atoms with van der Waals surface area (Å²) >= 11 is 5.31. The van der Waals surface area contributed by atoms with Crippen molar-refractivity contribution in [3.05, 3.63) is 29.8 Å². The average Bonchev–Trinajstić information content (AvgIpc) is 2.04. The predicted molar refractivity (Wildman–Crippen MR) is 39.9 cm³/mol. The summed E-state index contributed by atoms with van der Waals surface area (Å²) in [7, 11) is 0. The molecule has 1 rings (SSSR count). The Hall–Kier alpha value is -0.670. The zero-order valence-corrected chi connectivity index (χ0v) is 6.42. The highest BCUT2D eigenvalue weighted by Gasteiger charge is 2.10. The van der Waals surface area contributed by atoms with Crippen molar-refractivity contribution in [2.45, 2.75) is 6.10 Å². The van der Waals surface area contributed by atoms with E-state index in [-0.39, 0.29) is 11.4 Å². The predicted octanol–water partition coefficient (Wildman–Crippen LogP) is 1.49. The van der Waals surface area contributed by atoms with E-state index in [1.807, 2.05) is 0 Å². The summed E-state index contributed by atoms with van der Waals surface area (Å²) < 4.78 is 12.7. The summed E-state index contributed by atoms with van der Waals surface area (Å²) in [5.74, 6) is -0.691. The van der Waals surface area contributed by atoms with E-state index in [1.165, 1.54) is 12.3 Å². The molecule has 1 heterocycles. The molecule has 1 N–H and O–H groups in total. The van der Waals surface area contributed by atoms with E-state index in [4.69, 9.17) is 16.7 Å². The Balaban J connectivity index is 2.93. The Morgan fingerprint density at radius 3 is 3.00 bits per heavy atom. The number of aliphatic hydroxyl groups excluding tert-OH is 1. The van der Waals surface area contributed by atoms with Gasteiger partial charge in [0.2, 0.25) is 5.95 Å². The number of aliphatic hydroxyl groups is 1. The highest BCUT2D eigenvalue weighted by Crippen LogP contribution is 2.15. The van der Waals surface area contributed by atoms with Gasteiger partial charge in [-0.15, -0.1) is 11.6 Å². The molecule has 1 aromatic heterocycles. The van der Waals surface area contributed by atoms with Crippen LogP contribution in [-0.2, 0) is 0 Å². The summed E-state index contributed by atoms with van der Waals surface area (Å²) in [6.45, 7) is 0. The second kappa shape index (κ2) is 3.64. The second-order valence-corrected chi connectivity index (χ2v) is 2.36. The van der Waals surface area contributed by atoms with Crippen LogP contribution in [0.5, 0.6) is 0 Å². The molecule has 1 atom stereocenters. The highest BCUT2D eigenvalue weighted by atomic mass is 35.5. The first-order chi connectivity index (χ1) is 5.25. The number of hydrogen-bond donors (Lipinski definition) is 1. The molecule has 0 aliphatic carbocycles. The Morgan fingerprint density at radius 1 is 1.73 bits per heavy atom. The number of aromatic nitrogens is 1. The summed E-state index contributed by atoms with van der Waals surface area (Å²) in [6, 6.07) is 3.00. The van der Waals surface area contributed by atoms with Crippen LogP contribution in [0.1, 0.15) is 11.7 Å². The fourth-order valence-electron chi connectivity index (χ4n) is 0.730. The first-order valence-corrected chi connectivity index (χ1v) is 3.63. The van der Waals surface area contributed by atoms with Gasteiger partial charge in [-0.3, -0.25) is 0 Å². The van der Waals surface area contributed by atoms with Gasteiger partial charge in [0.1, 0.15) is 0 Å². The van der Waals surface area contributed by atoms with E-state index in [0.717, 1.165) is 0 Å². The largest absolute Gasteiger partial charge is 0.387 e. The molecule has 1 aromatic rings. The first kappa shape index (κ1) is 8.43. The molecule has 2 nitrogen and oxygen atoms in total. The third kappa shape index (κ3) is 1.88. The van der Waals surface area contributed by atoms with Crippen LogP contribution in [0.3, 0.4) is 0 Å². The van der Waals surface area contributed by atoms with Crippen LogP contribution in [0.4, 0.5) is 4.39 Å². The monoisotopic (exact) mass is 175 g/mol. The zero-order valence-electron chi connectivity index (χ0n) is 5.67. The van der Waals surface area contributed by atoms with Crippen molar-refractivity contribution >= 4 is 11.6 Å². The van der Waals surface area contributed by atoms with E-state index in [9.17, 15) is 4.39 Å². The Kier molecular flexibility index (Phi) is 2.79. The van der Waals surface area contributed by atoms with Gasteiger partial charge in [0, 0.05) is 11.8 Å². The summed E-state index contributed by atoms with van der Waals surface area (Å²) in [4.78, 5) is 3.36. The van der Waals surface area contributed by atoms with E-state index in [1.54, 1.807) is 6.07 Å². The van der Waals surface area contributed by atoms with Gasteiger partial charge in [0.25, 0.3) is 0 Å². The van der Waals surface area contributed by atoms with Crippen molar-refractivity contribution in [1.29, 1.82) is 0 Å². The summed E-state index contributed by atoms with van der Waals surface area (Å²) in [6.07, 6.45) is 0.352. The van der Waals surface area contributed by atoms with Gasteiger partial charge in [0.15, 0.2) is 0 Å². The molecule has 0 spiro atoms. The van der Waals surface area contributed by atoms with Crippen molar-refractivity contribution in [3.8, 4) is 0 Å². The van der Waals surface area contributed by atoms with Crippen LogP contribution in [-0.4, -0.2) is 16.0 Å². The highest BCUT2D eigenvalue weighted by molar-refractivity contribution is 6.18. The Labute approximate surface area is 68.6 Å². The van der Waals surface area contributed by atoms with Crippen molar-refractivity contribution in [3.63, 3.8) is 0 Å². The second-order valence-electron chi connectivity index (χ2n) is 2.05. The van der Waals surface area contributed by atoms with Crippen LogP contribution in [0.25, 0.3) is 0 Å². The van der Waals surface area contributed by atoms with Crippen molar-refractivity contribution < 1.29 is 9.50 Å². The lowest BCUT2D eigenvalue weighted by atomic mass is 10.2.